The summed E-state index contributed by atoms with van der Waals surface area (Å²) in [5.41, 5.74) is 0.231. The molecule has 0 bridgehead atoms. The van der Waals surface area contributed by atoms with Crippen LogP contribution in [0.2, 0.25) is 5.02 Å². The highest BCUT2D eigenvalue weighted by Crippen LogP contribution is 2.32. The molecule has 0 aromatic heterocycles. The lowest BCUT2D eigenvalue weighted by molar-refractivity contribution is 0.108. The van der Waals surface area contributed by atoms with Gasteiger partial charge in [0.2, 0.25) is 0 Å². The van der Waals surface area contributed by atoms with Crippen molar-refractivity contribution in [1.29, 1.82) is 0 Å². The van der Waals surface area contributed by atoms with E-state index in [2.05, 4.69) is 15.9 Å². The first-order valence-electron chi connectivity index (χ1n) is 3.29. The van der Waals surface area contributed by atoms with Crippen molar-refractivity contribution in [2.24, 2.45) is 0 Å². The van der Waals surface area contributed by atoms with Gasteiger partial charge in [0.05, 0.1) is 17.7 Å². The number of carbonyl (C=O) groups is 1. The van der Waals surface area contributed by atoms with Gasteiger partial charge in [-0.1, -0.05) is 27.5 Å². The molecule has 0 aliphatic carbocycles. The van der Waals surface area contributed by atoms with Gasteiger partial charge in [0.15, 0.2) is 0 Å². The molecule has 0 saturated carbocycles. The smallest absolute Gasteiger partial charge is 0.254 e. The van der Waals surface area contributed by atoms with Crippen LogP contribution in [0.5, 0.6) is 5.75 Å². The van der Waals surface area contributed by atoms with Gasteiger partial charge in [-0.2, -0.15) is 0 Å². The summed E-state index contributed by atoms with van der Waals surface area (Å²) < 4.78 is 5.64. The van der Waals surface area contributed by atoms with Crippen LogP contribution in [0.1, 0.15) is 10.4 Å². The second-order valence-electron chi connectivity index (χ2n) is 2.24. The maximum absolute atomic E-state index is 10.9. The van der Waals surface area contributed by atoms with E-state index in [1.54, 1.807) is 12.1 Å². The molecule has 0 aliphatic rings. The van der Waals surface area contributed by atoms with Crippen LogP contribution in [0.25, 0.3) is 0 Å². The maximum Gasteiger partial charge on any atom is 0.254 e. The minimum atomic E-state index is -0.607. The van der Waals surface area contributed by atoms with Crippen LogP contribution in [0, 0.1) is 0 Å². The quantitative estimate of drug-likeness (QED) is 0.777. The van der Waals surface area contributed by atoms with Gasteiger partial charge in [0.25, 0.3) is 5.24 Å². The molecular formula is C8H5BrCl2O2. The topological polar surface area (TPSA) is 26.3 Å². The van der Waals surface area contributed by atoms with Crippen LogP contribution in [0.3, 0.4) is 0 Å². The van der Waals surface area contributed by atoms with Crippen molar-refractivity contribution in [2.75, 3.05) is 7.11 Å². The Balaban J connectivity index is 3.35. The largest absolute Gasteiger partial charge is 0.495 e. The summed E-state index contributed by atoms with van der Waals surface area (Å²) in [6.45, 7) is 0. The van der Waals surface area contributed by atoms with E-state index >= 15 is 0 Å². The summed E-state index contributed by atoms with van der Waals surface area (Å²) in [5, 5.41) is -0.379. The summed E-state index contributed by atoms with van der Waals surface area (Å²) in [5.74, 6) is 0.417. The maximum atomic E-state index is 10.9. The lowest BCUT2D eigenvalue weighted by Gasteiger charge is -2.06. The molecule has 0 radical (unpaired) electrons. The number of rotatable bonds is 2. The minimum absolute atomic E-state index is 0.228. The zero-order valence-corrected chi connectivity index (χ0v) is 9.70. The zero-order valence-electron chi connectivity index (χ0n) is 6.61. The molecule has 0 fully saturated rings. The first-order valence-corrected chi connectivity index (χ1v) is 4.84. The summed E-state index contributed by atoms with van der Waals surface area (Å²) >= 11 is 14.3. The molecule has 2 nitrogen and oxygen atoms in total. The fraction of sp³-hybridized carbons (Fsp3) is 0.125. The number of hydrogen-bond acceptors (Lipinski definition) is 2. The van der Waals surface area contributed by atoms with Crippen molar-refractivity contribution >= 4 is 44.4 Å². The van der Waals surface area contributed by atoms with Gasteiger partial charge in [-0.05, 0) is 23.7 Å². The van der Waals surface area contributed by atoms with Gasteiger partial charge in [-0.15, -0.1) is 0 Å². The Kier molecular flexibility index (Phi) is 3.59. The number of methoxy groups -OCH3 is 1. The molecule has 13 heavy (non-hydrogen) atoms. The molecule has 1 aromatic carbocycles. The van der Waals surface area contributed by atoms with Gasteiger partial charge >= 0.3 is 0 Å². The molecule has 5 heteroatoms. The Morgan fingerprint density at radius 3 is 2.62 bits per heavy atom. The summed E-state index contributed by atoms with van der Waals surface area (Å²) in [4.78, 5) is 10.9. The molecule has 1 rings (SSSR count). The predicted molar refractivity (Wildman–Crippen MR) is 55.9 cm³/mol. The standard InChI is InChI=1S/C8H5BrCl2O2/c1-13-6-3-4(9)2-5(7(6)10)8(11)12/h2-3H,1H3. The van der Waals surface area contributed by atoms with Crippen LogP contribution in [0.4, 0.5) is 0 Å². The van der Waals surface area contributed by atoms with E-state index in [0.29, 0.717) is 10.2 Å². The van der Waals surface area contributed by atoms with Gasteiger partial charge in [-0.3, -0.25) is 4.79 Å². The van der Waals surface area contributed by atoms with Crippen LogP contribution < -0.4 is 4.74 Å². The third-order valence-corrected chi connectivity index (χ3v) is 2.49. The number of hydrogen-bond donors (Lipinski definition) is 0. The molecule has 0 N–H and O–H groups in total. The van der Waals surface area contributed by atoms with Crippen molar-refractivity contribution in [3.05, 3.63) is 27.2 Å². The molecule has 0 amide bonds. The Bertz CT molecular complexity index is 352. The average molecular weight is 284 g/mol. The Labute approximate surface area is 93.9 Å². The average Bonchev–Trinajstić information content (AvgIpc) is 2.08. The first kappa shape index (κ1) is 10.8. The Morgan fingerprint density at radius 1 is 1.54 bits per heavy atom. The van der Waals surface area contributed by atoms with Crippen molar-refractivity contribution < 1.29 is 9.53 Å². The van der Waals surface area contributed by atoms with Crippen molar-refractivity contribution in [2.45, 2.75) is 0 Å². The normalized spacial score (nSPS) is 9.85. The lowest BCUT2D eigenvalue weighted by atomic mass is 10.2. The molecule has 0 aliphatic heterocycles. The second kappa shape index (κ2) is 4.31. The first-order chi connectivity index (χ1) is 6.06. The number of carbonyl (C=O) groups excluding carboxylic acids is 1. The third-order valence-electron chi connectivity index (χ3n) is 1.44. The van der Waals surface area contributed by atoms with Crippen molar-refractivity contribution in [3.8, 4) is 5.75 Å². The molecule has 0 heterocycles. The van der Waals surface area contributed by atoms with Crippen molar-refractivity contribution in [1.82, 2.24) is 0 Å². The Hall–Kier alpha value is -0.250. The summed E-state index contributed by atoms with van der Waals surface area (Å²) in [6.07, 6.45) is 0. The molecular weight excluding hydrogens is 279 g/mol. The van der Waals surface area contributed by atoms with E-state index in [-0.39, 0.29) is 10.6 Å². The molecule has 1 aromatic rings. The van der Waals surface area contributed by atoms with Gasteiger partial charge < -0.3 is 4.74 Å². The highest BCUT2D eigenvalue weighted by Gasteiger charge is 2.13. The van der Waals surface area contributed by atoms with Crippen molar-refractivity contribution in [3.63, 3.8) is 0 Å². The van der Waals surface area contributed by atoms with E-state index in [0.717, 1.165) is 0 Å². The molecule has 70 valence electrons. The van der Waals surface area contributed by atoms with Crippen LogP contribution >= 0.6 is 39.1 Å². The lowest BCUT2D eigenvalue weighted by Crippen LogP contribution is -1.94. The number of ether oxygens (including phenoxy) is 1. The fourth-order valence-electron chi connectivity index (χ4n) is 0.856. The van der Waals surface area contributed by atoms with Crippen LogP contribution in [-0.2, 0) is 0 Å². The predicted octanol–water partition coefficient (Wildman–Crippen LogP) is 3.49. The van der Waals surface area contributed by atoms with E-state index in [1.807, 2.05) is 0 Å². The number of halogens is 3. The third kappa shape index (κ3) is 2.36. The zero-order chi connectivity index (χ0) is 10.0. The molecule has 0 atom stereocenters. The summed E-state index contributed by atoms with van der Waals surface area (Å²) in [7, 11) is 1.47. The number of benzene rings is 1. The second-order valence-corrected chi connectivity index (χ2v) is 3.88. The van der Waals surface area contributed by atoms with E-state index < -0.39 is 5.24 Å². The van der Waals surface area contributed by atoms with Crippen LogP contribution in [0.15, 0.2) is 16.6 Å². The summed E-state index contributed by atoms with van der Waals surface area (Å²) in [6, 6.07) is 3.20. The van der Waals surface area contributed by atoms with E-state index in [9.17, 15) is 4.79 Å². The van der Waals surface area contributed by atoms with Gasteiger partial charge in [0.1, 0.15) is 5.75 Å². The van der Waals surface area contributed by atoms with E-state index in [4.69, 9.17) is 27.9 Å². The van der Waals surface area contributed by atoms with Gasteiger partial charge in [-0.25, -0.2) is 0 Å². The van der Waals surface area contributed by atoms with Crippen LogP contribution in [-0.4, -0.2) is 12.4 Å². The molecule has 0 saturated heterocycles. The molecule has 0 unspecified atom stereocenters. The SMILES string of the molecule is COc1cc(Br)cc(C(=O)Cl)c1Cl. The highest BCUT2D eigenvalue weighted by atomic mass is 79.9. The highest BCUT2D eigenvalue weighted by molar-refractivity contribution is 9.10. The Morgan fingerprint density at radius 2 is 2.15 bits per heavy atom. The van der Waals surface area contributed by atoms with E-state index in [1.165, 1.54) is 7.11 Å². The monoisotopic (exact) mass is 282 g/mol. The van der Waals surface area contributed by atoms with Gasteiger partial charge in [0, 0.05) is 4.47 Å². The molecule has 0 spiro atoms. The fourth-order valence-corrected chi connectivity index (χ4v) is 1.76. The minimum Gasteiger partial charge on any atom is -0.495 e.